The highest BCUT2D eigenvalue weighted by Crippen LogP contribution is 2.31. The predicted molar refractivity (Wildman–Crippen MR) is 83.4 cm³/mol. The van der Waals surface area contributed by atoms with Gasteiger partial charge in [0.1, 0.15) is 0 Å². The summed E-state index contributed by atoms with van der Waals surface area (Å²) in [4.78, 5) is 2.62. The van der Waals surface area contributed by atoms with E-state index in [1.54, 1.807) is 0 Å². The van der Waals surface area contributed by atoms with E-state index in [4.69, 9.17) is 16.3 Å². The fourth-order valence-electron chi connectivity index (χ4n) is 3.62. The molecule has 1 fully saturated rings. The molecule has 3 rings (SSSR count). The normalized spacial score (nSPS) is 26.6. The van der Waals surface area contributed by atoms with Crippen LogP contribution in [0.25, 0.3) is 0 Å². The van der Waals surface area contributed by atoms with Crippen LogP contribution in [-0.2, 0) is 11.2 Å². The zero-order valence-electron chi connectivity index (χ0n) is 12.1. The zero-order valence-corrected chi connectivity index (χ0v) is 12.8. The van der Waals surface area contributed by atoms with Crippen molar-refractivity contribution in [3.8, 4) is 0 Å². The SMILES string of the molecule is ClCCCC1CCCN1CC1OCCc2ccccc21. The van der Waals surface area contributed by atoms with Crippen LogP contribution in [0.1, 0.15) is 42.9 Å². The van der Waals surface area contributed by atoms with Gasteiger partial charge < -0.3 is 4.74 Å². The number of fused-ring (bicyclic) bond motifs is 1. The Morgan fingerprint density at radius 2 is 2.20 bits per heavy atom. The van der Waals surface area contributed by atoms with Crippen LogP contribution in [0.4, 0.5) is 0 Å². The summed E-state index contributed by atoms with van der Waals surface area (Å²) < 4.78 is 6.05. The molecule has 2 aliphatic rings. The number of alkyl halides is 1. The summed E-state index contributed by atoms with van der Waals surface area (Å²) in [5.41, 5.74) is 2.88. The standard InChI is InChI=1S/C17H24ClNO/c18-10-3-6-15-7-4-11-19(15)13-17-16-8-2-1-5-14(16)9-12-20-17/h1-2,5,8,15,17H,3-4,6-7,9-13H2. The van der Waals surface area contributed by atoms with Crippen LogP contribution in [0, 0.1) is 0 Å². The number of rotatable bonds is 5. The first-order valence-electron chi connectivity index (χ1n) is 7.88. The number of ether oxygens (including phenoxy) is 1. The van der Waals surface area contributed by atoms with E-state index in [0.717, 1.165) is 31.9 Å². The molecular formula is C17H24ClNO. The molecular weight excluding hydrogens is 270 g/mol. The van der Waals surface area contributed by atoms with Crippen LogP contribution < -0.4 is 0 Å². The van der Waals surface area contributed by atoms with Gasteiger partial charge in [-0.05, 0) is 49.8 Å². The molecule has 2 atom stereocenters. The topological polar surface area (TPSA) is 12.5 Å². The lowest BCUT2D eigenvalue weighted by molar-refractivity contribution is 0.0125. The van der Waals surface area contributed by atoms with E-state index in [0.29, 0.717) is 6.04 Å². The van der Waals surface area contributed by atoms with Gasteiger partial charge in [0.05, 0.1) is 12.7 Å². The molecule has 1 aromatic rings. The lowest BCUT2D eigenvalue weighted by Gasteiger charge is -2.32. The lowest BCUT2D eigenvalue weighted by Crippen LogP contribution is -2.35. The summed E-state index contributed by atoms with van der Waals surface area (Å²) in [6.45, 7) is 3.13. The van der Waals surface area contributed by atoms with E-state index >= 15 is 0 Å². The lowest BCUT2D eigenvalue weighted by atomic mass is 9.97. The van der Waals surface area contributed by atoms with Gasteiger partial charge in [-0.3, -0.25) is 4.90 Å². The third-order valence-corrected chi connectivity index (χ3v) is 4.93. The first-order valence-corrected chi connectivity index (χ1v) is 8.41. The van der Waals surface area contributed by atoms with Gasteiger partial charge >= 0.3 is 0 Å². The van der Waals surface area contributed by atoms with Gasteiger partial charge in [-0.1, -0.05) is 24.3 Å². The van der Waals surface area contributed by atoms with Crippen LogP contribution in [0.2, 0.25) is 0 Å². The highest BCUT2D eigenvalue weighted by molar-refractivity contribution is 6.17. The zero-order chi connectivity index (χ0) is 13.8. The van der Waals surface area contributed by atoms with Crippen LogP contribution >= 0.6 is 11.6 Å². The Kier molecular flexibility index (Phi) is 4.98. The molecule has 0 amide bonds. The third kappa shape index (κ3) is 3.19. The Labute approximate surface area is 127 Å². The smallest absolute Gasteiger partial charge is 0.0954 e. The van der Waals surface area contributed by atoms with Gasteiger partial charge in [-0.15, -0.1) is 11.6 Å². The largest absolute Gasteiger partial charge is 0.372 e. The molecule has 20 heavy (non-hydrogen) atoms. The third-order valence-electron chi connectivity index (χ3n) is 4.66. The molecule has 110 valence electrons. The Hall–Kier alpha value is -0.570. The quantitative estimate of drug-likeness (QED) is 0.766. The van der Waals surface area contributed by atoms with Crippen LogP contribution in [-0.4, -0.2) is 36.5 Å². The van der Waals surface area contributed by atoms with Crippen molar-refractivity contribution in [2.45, 2.75) is 44.2 Å². The Morgan fingerprint density at radius 3 is 3.10 bits per heavy atom. The molecule has 0 bridgehead atoms. The molecule has 0 N–H and O–H groups in total. The summed E-state index contributed by atoms with van der Waals surface area (Å²) in [6.07, 6.45) is 6.33. The van der Waals surface area contributed by atoms with Crippen molar-refractivity contribution in [1.29, 1.82) is 0 Å². The van der Waals surface area contributed by atoms with E-state index in [1.165, 1.54) is 36.9 Å². The molecule has 1 saturated heterocycles. The molecule has 0 aromatic heterocycles. The number of hydrogen-bond acceptors (Lipinski definition) is 2. The monoisotopic (exact) mass is 293 g/mol. The van der Waals surface area contributed by atoms with Crippen molar-refractivity contribution in [1.82, 2.24) is 4.90 Å². The van der Waals surface area contributed by atoms with Crippen molar-refractivity contribution in [3.05, 3.63) is 35.4 Å². The number of halogens is 1. The molecule has 0 saturated carbocycles. The summed E-state index contributed by atoms with van der Waals surface area (Å²) in [5, 5.41) is 0. The fourth-order valence-corrected chi connectivity index (χ4v) is 3.77. The number of benzene rings is 1. The second-order valence-electron chi connectivity index (χ2n) is 5.93. The Bertz CT molecular complexity index is 437. The minimum Gasteiger partial charge on any atom is -0.372 e. The highest BCUT2D eigenvalue weighted by Gasteiger charge is 2.29. The molecule has 1 aromatic carbocycles. The van der Waals surface area contributed by atoms with Crippen molar-refractivity contribution >= 4 is 11.6 Å². The Balaban J connectivity index is 1.66. The van der Waals surface area contributed by atoms with E-state index in [-0.39, 0.29) is 6.10 Å². The van der Waals surface area contributed by atoms with E-state index < -0.39 is 0 Å². The van der Waals surface area contributed by atoms with Crippen LogP contribution in [0.3, 0.4) is 0 Å². The summed E-state index contributed by atoms with van der Waals surface area (Å²) in [7, 11) is 0. The summed E-state index contributed by atoms with van der Waals surface area (Å²) >= 11 is 5.84. The van der Waals surface area contributed by atoms with E-state index in [2.05, 4.69) is 29.2 Å². The molecule has 0 spiro atoms. The average molecular weight is 294 g/mol. The number of likely N-dealkylation sites (tertiary alicyclic amines) is 1. The van der Waals surface area contributed by atoms with Gasteiger partial charge in [0.2, 0.25) is 0 Å². The van der Waals surface area contributed by atoms with Gasteiger partial charge in [0.15, 0.2) is 0 Å². The van der Waals surface area contributed by atoms with Gasteiger partial charge in [0, 0.05) is 18.5 Å². The molecule has 2 unspecified atom stereocenters. The van der Waals surface area contributed by atoms with Crippen molar-refractivity contribution in [2.75, 3.05) is 25.6 Å². The fraction of sp³-hybridized carbons (Fsp3) is 0.647. The first kappa shape index (κ1) is 14.4. The van der Waals surface area contributed by atoms with Crippen molar-refractivity contribution < 1.29 is 4.74 Å². The van der Waals surface area contributed by atoms with Gasteiger partial charge in [-0.25, -0.2) is 0 Å². The summed E-state index contributed by atoms with van der Waals surface area (Å²) in [5.74, 6) is 0.785. The molecule has 0 aliphatic carbocycles. The molecule has 2 nitrogen and oxygen atoms in total. The number of hydrogen-bond donors (Lipinski definition) is 0. The molecule has 2 heterocycles. The van der Waals surface area contributed by atoms with E-state index in [1.807, 2.05) is 0 Å². The predicted octanol–water partition coefficient (Wildman–Crippen LogP) is 3.78. The second-order valence-corrected chi connectivity index (χ2v) is 6.31. The first-order chi connectivity index (χ1) is 9.88. The van der Waals surface area contributed by atoms with Crippen LogP contribution in [0.15, 0.2) is 24.3 Å². The van der Waals surface area contributed by atoms with E-state index in [9.17, 15) is 0 Å². The molecule has 2 aliphatic heterocycles. The maximum atomic E-state index is 6.05. The van der Waals surface area contributed by atoms with Crippen molar-refractivity contribution in [2.24, 2.45) is 0 Å². The Morgan fingerprint density at radius 1 is 1.30 bits per heavy atom. The summed E-state index contributed by atoms with van der Waals surface area (Å²) in [6, 6.07) is 9.48. The van der Waals surface area contributed by atoms with Crippen molar-refractivity contribution in [3.63, 3.8) is 0 Å². The second kappa shape index (κ2) is 6.93. The minimum absolute atomic E-state index is 0.261. The van der Waals surface area contributed by atoms with Crippen LogP contribution in [0.5, 0.6) is 0 Å². The van der Waals surface area contributed by atoms with Gasteiger partial charge in [-0.2, -0.15) is 0 Å². The molecule has 3 heteroatoms. The molecule has 0 radical (unpaired) electrons. The highest BCUT2D eigenvalue weighted by atomic mass is 35.5. The number of nitrogens with zero attached hydrogens (tertiary/aromatic N) is 1. The average Bonchev–Trinajstić information content (AvgIpc) is 2.93. The minimum atomic E-state index is 0.261. The maximum Gasteiger partial charge on any atom is 0.0954 e. The maximum absolute atomic E-state index is 6.05. The van der Waals surface area contributed by atoms with Gasteiger partial charge in [0.25, 0.3) is 0 Å².